The maximum Gasteiger partial charge on any atom is 0.241 e. The van der Waals surface area contributed by atoms with Crippen molar-refractivity contribution in [2.45, 2.75) is 71.1 Å². The van der Waals surface area contributed by atoms with Crippen molar-refractivity contribution in [3.63, 3.8) is 0 Å². The zero-order valence-electron chi connectivity index (χ0n) is 18.7. The van der Waals surface area contributed by atoms with Gasteiger partial charge in [-0.05, 0) is 70.6 Å². The largest absolute Gasteiger partial charge is 0.464 e. The molecule has 0 radical (unpaired) electrons. The fourth-order valence-electron chi connectivity index (χ4n) is 4.91. The molecule has 4 nitrogen and oxygen atoms in total. The molecule has 4 rings (SSSR count). The summed E-state index contributed by atoms with van der Waals surface area (Å²) >= 11 is 0. The van der Waals surface area contributed by atoms with Crippen molar-refractivity contribution in [3.05, 3.63) is 47.7 Å². The molecule has 1 aliphatic heterocycles. The van der Waals surface area contributed by atoms with E-state index in [9.17, 15) is 4.79 Å². The quantitative estimate of drug-likeness (QED) is 0.613. The Bertz CT molecular complexity index is 820. The number of hydrogen-bond donors (Lipinski definition) is 1. The van der Waals surface area contributed by atoms with E-state index in [1.807, 2.05) is 20.1 Å². The van der Waals surface area contributed by atoms with Gasteiger partial charge in [-0.15, -0.1) is 0 Å². The molecule has 30 heavy (non-hydrogen) atoms. The Kier molecular flexibility index (Phi) is 8.56. The topological polar surface area (TPSA) is 59.5 Å². The van der Waals surface area contributed by atoms with E-state index < -0.39 is 0 Å². The maximum absolute atomic E-state index is 9.96. The van der Waals surface area contributed by atoms with Gasteiger partial charge in [0.05, 0.1) is 6.26 Å². The van der Waals surface area contributed by atoms with Gasteiger partial charge >= 0.3 is 0 Å². The molecule has 0 unspecified atom stereocenters. The van der Waals surface area contributed by atoms with E-state index in [4.69, 9.17) is 10.2 Å². The number of nitrogens with zero attached hydrogens (tertiary/aromatic N) is 1. The Hall–Kier alpha value is -2.07. The van der Waals surface area contributed by atoms with E-state index in [1.165, 1.54) is 88.0 Å². The monoisotopic (exact) mass is 410 g/mol. The lowest BCUT2D eigenvalue weighted by Gasteiger charge is -2.33. The Balaban J connectivity index is 0.000000318. The van der Waals surface area contributed by atoms with E-state index in [0.29, 0.717) is 5.92 Å². The van der Waals surface area contributed by atoms with Gasteiger partial charge in [-0.2, -0.15) is 0 Å². The van der Waals surface area contributed by atoms with Crippen LogP contribution in [-0.2, 0) is 4.79 Å². The predicted octanol–water partition coefficient (Wildman–Crippen LogP) is 6.02. The van der Waals surface area contributed by atoms with Crippen molar-refractivity contribution in [2.75, 3.05) is 19.6 Å². The van der Waals surface area contributed by atoms with E-state index in [0.717, 1.165) is 17.1 Å². The van der Waals surface area contributed by atoms with Crippen LogP contribution in [0, 0.1) is 5.92 Å². The summed E-state index contributed by atoms with van der Waals surface area (Å²) in [6.07, 6.45) is 14.8. The Morgan fingerprint density at radius 2 is 1.80 bits per heavy atom. The van der Waals surface area contributed by atoms with Crippen molar-refractivity contribution in [3.8, 4) is 0 Å². The maximum atomic E-state index is 9.96. The fourth-order valence-corrected chi connectivity index (χ4v) is 4.91. The summed E-state index contributed by atoms with van der Waals surface area (Å²) < 4.78 is 5.74. The highest BCUT2D eigenvalue weighted by Gasteiger charge is 2.24. The van der Waals surface area contributed by atoms with Crippen molar-refractivity contribution in [2.24, 2.45) is 11.7 Å². The Labute approximate surface area is 181 Å². The van der Waals surface area contributed by atoms with Crippen molar-refractivity contribution in [1.82, 2.24) is 4.90 Å². The average molecular weight is 411 g/mol. The zero-order chi connectivity index (χ0) is 21.3. The first kappa shape index (κ1) is 22.6. The number of primary amides is 1. The number of rotatable bonds is 5. The van der Waals surface area contributed by atoms with Crippen LogP contribution in [0.15, 0.2) is 46.6 Å². The van der Waals surface area contributed by atoms with Crippen LogP contribution in [0.5, 0.6) is 0 Å². The number of benzene rings is 1. The molecule has 1 saturated carbocycles. The standard InChI is InChI=1S/C21H29NO.C5H9NO/c1-2-6-17(7-3-1)10-13-22-14-11-18(12-15-22)20-16-23-21-9-5-4-8-19(20)21;1-4(2)3-5(6)7/h4-5,8-9,16-18H,1-3,6-7,10-15H2;3H,1-2H3,(H2,6,7). The van der Waals surface area contributed by atoms with Crippen molar-refractivity contribution >= 4 is 16.9 Å². The van der Waals surface area contributed by atoms with Crippen LogP contribution >= 0.6 is 0 Å². The second-order valence-electron chi connectivity index (χ2n) is 9.22. The molecule has 2 fully saturated rings. The summed E-state index contributed by atoms with van der Waals surface area (Å²) in [5.74, 6) is 1.32. The van der Waals surface area contributed by atoms with Crippen LogP contribution in [0.4, 0.5) is 0 Å². The molecule has 0 atom stereocenters. The molecule has 0 spiro atoms. The SMILES string of the molecule is CC(C)=CC(N)=O.c1ccc2c(C3CCN(CCC4CCCCC4)CC3)coc2c1. The second-order valence-corrected chi connectivity index (χ2v) is 9.22. The number of para-hydroxylation sites is 1. The first-order valence-corrected chi connectivity index (χ1v) is 11.7. The van der Waals surface area contributed by atoms with Gasteiger partial charge in [0.1, 0.15) is 5.58 Å². The minimum Gasteiger partial charge on any atom is -0.464 e. The smallest absolute Gasteiger partial charge is 0.241 e. The van der Waals surface area contributed by atoms with Crippen LogP contribution in [0.3, 0.4) is 0 Å². The van der Waals surface area contributed by atoms with Gasteiger partial charge in [-0.1, -0.05) is 55.9 Å². The van der Waals surface area contributed by atoms with Crippen LogP contribution < -0.4 is 5.73 Å². The number of hydrogen-bond acceptors (Lipinski definition) is 3. The Morgan fingerprint density at radius 3 is 2.43 bits per heavy atom. The molecule has 2 heterocycles. The number of carbonyl (C=O) groups excluding carboxylic acids is 1. The third kappa shape index (κ3) is 6.73. The third-order valence-corrected chi connectivity index (χ3v) is 6.55. The summed E-state index contributed by atoms with van der Waals surface area (Å²) in [6, 6.07) is 8.48. The van der Waals surface area contributed by atoms with Gasteiger partial charge in [-0.3, -0.25) is 4.79 Å². The van der Waals surface area contributed by atoms with Gasteiger partial charge in [0.25, 0.3) is 0 Å². The number of nitrogens with two attached hydrogens (primary N) is 1. The average Bonchev–Trinajstić information content (AvgIpc) is 3.17. The molecule has 1 aliphatic carbocycles. The normalized spacial score (nSPS) is 18.6. The summed E-state index contributed by atoms with van der Waals surface area (Å²) in [7, 11) is 0. The lowest BCUT2D eigenvalue weighted by Crippen LogP contribution is -2.34. The molecular formula is C26H38N2O2. The molecule has 2 N–H and O–H groups in total. The molecular weight excluding hydrogens is 372 g/mol. The van der Waals surface area contributed by atoms with E-state index >= 15 is 0 Å². The molecule has 1 aromatic carbocycles. The highest BCUT2D eigenvalue weighted by molar-refractivity contribution is 5.86. The zero-order valence-corrected chi connectivity index (χ0v) is 18.7. The van der Waals surface area contributed by atoms with Crippen molar-refractivity contribution < 1.29 is 9.21 Å². The first-order chi connectivity index (χ1) is 14.5. The van der Waals surface area contributed by atoms with Gasteiger partial charge in [-0.25, -0.2) is 0 Å². The predicted molar refractivity (Wildman–Crippen MR) is 124 cm³/mol. The molecule has 1 saturated heterocycles. The molecule has 0 bridgehead atoms. The number of likely N-dealkylation sites (tertiary alicyclic amines) is 1. The molecule has 4 heteroatoms. The number of carbonyl (C=O) groups is 1. The minimum absolute atomic E-state index is 0.375. The van der Waals surface area contributed by atoms with Gasteiger partial charge in [0.15, 0.2) is 0 Å². The van der Waals surface area contributed by atoms with Gasteiger partial charge in [0.2, 0.25) is 5.91 Å². The summed E-state index contributed by atoms with van der Waals surface area (Å²) in [5, 5.41) is 1.33. The van der Waals surface area contributed by atoms with E-state index in [-0.39, 0.29) is 5.91 Å². The Morgan fingerprint density at radius 1 is 1.10 bits per heavy atom. The van der Waals surface area contributed by atoms with Gasteiger partial charge < -0.3 is 15.1 Å². The molecule has 1 amide bonds. The molecule has 1 aromatic heterocycles. The fraction of sp³-hybridized carbons (Fsp3) is 0.577. The number of fused-ring (bicyclic) bond motifs is 1. The van der Waals surface area contributed by atoms with Gasteiger partial charge in [0, 0.05) is 17.0 Å². The van der Waals surface area contributed by atoms with E-state index in [2.05, 4.69) is 29.2 Å². The third-order valence-electron chi connectivity index (χ3n) is 6.55. The van der Waals surface area contributed by atoms with Crippen molar-refractivity contribution in [1.29, 1.82) is 0 Å². The minimum atomic E-state index is -0.375. The summed E-state index contributed by atoms with van der Waals surface area (Å²) in [6.45, 7) is 7.49. The number of allylic oxidation sites excluding steroid dienone is 1. The summed E-state index contributed by atoms with van der Waals surface area (Å²) in [4.78, 5) is 12.7. The molecule has 2 aromatic rings. The van der Waals surface area contributed by atoms with Crippen LogP contribution in [-0.4, -0.2) is 30.4 Å². The highest BCUT2D eigenvalue weighted by atomic mass is 16.3. The summed E-state index contributed by atoms with van der Waals surface area (Å²) in [5.41, 5.74) is 8.20. The van der Waals surface area contributed by atoms with E-state index in [1.54, 1.807) is 0 Å². The lowest BCUT2D eigenvalue weighted by molar-refractivity contribution is -0.113. The van der Waals surface area contributed by atoms with Crippen LogP contribution in [0.2, 0.25) is 0 Å². The van der Waals surface area contributed by atoms with Crippen LogP contribution in [0.1, 0.15) is 76.7 Å². The second kappa shape index (κ2) is 11.4. The highest BCUT2D eigenvalue weighted by Crippen LogP contribution is 2.34. The number of piperidine rings is 1. The molecule has 2 aliphatic rings. The number of furan rings is 1. The van der Waals surface area contributed by atoms with Crippen LogP contribution in [0.25, 0.3) is 11.0 Å². The lowest BCUT2D eigenvalue weighted by atomic mass is 9.86. The number of amides is 1. The molecule has 164 valence electrons. The first-order valence-electron chi connectivity index (χ1n) is 11.7.